The summed E-state index contributed by atoms with van der Waals surface area (Å²) in [4.78, 5) is 3.66. The lowest BCUT2D eigenvalue weighted by molar-refractivity contribution is 0.287. The van der Waals surface area contributed by atoms with E-state index in [0.29, 0.717) is 5.02 Å². The van der Waals surface area contributed by atoms with E-state index in [2.05, 4.69) is 9.64 Å². The summed E-state index contributed by atoms with van der Waals surface area (Å²) < 4.78 is 4.46. The van der Waals surface area contributed by atoms with Crippen LogP contribution < -0.4 is 4.65 Å². The molecule has 58 valence electrons. The van der Waals surface area contributed by atoms with E-state index >= 15 is 0 Å². The summed E-state index contributed by atoms with van der Waals surface area (Å²) in [6.07, 6.45) is 2.74. The first-order valence-electron chi connectivity index (χ1n) is 2.82. The lowest BCUT2D eigenvalue weighted by Crippen LogP contribution is -2.20. The zero-order valence-electron chi connectivity index (χ0n) is 5.44. The van der Waals surface area contributed by atoms with Crippen LogP contribution in [0.25, 0.3) is 0 Å². The third-order valence-electron chi connectivity index (χ3n) is 0.921. The maximum Gasteiger partial charge on any atom is 0.707 e. The minimum absolute atomic E-state index is 0.215. The quantitative estimate of drug-likeness (QED) is 0.622. The molecule has 0 bridgehead atoms. The number of halogens is 1. The van der Waals surface area contributed by atoms with Gasteiger partial charge in [0.1, 0.15) is 5.75 Å². The first-order chi connectivity index (χ1) is 5.18. The molecule has 1 aromatic rings. The molecule has 1 aromatic heterocycles. The van der Waals surface area contributed by atoms with Gasteiger partial charge in [-0.25, -0.2) is 0 Å². The molecule has 0 aliphatic carbocycles. The highest BCUT2D eigenvalue weighted by atomic mass is 35.5. The molecule has 1 rings (SSSR count). The fourth-order valence-corrected chi connectivity index (χ4v) is 0.742. The molecule has 0 atom stereocenters. The maximum absolute atomic E-state index is 8.36. The van der Waals surface area contributed by atoms with E-state index in [0.717, 1.165) is 0 Å². The number of rotatable bonds is 2. The standard InChI is InChI=1S/C5H5BClNO3/c7-4-1-5(3-8-2-4)11-6(9)10/h1-3,9-10H. The third-order valence-corrected chi connectivity index (χ3v) is 1.13. The molecule has 0 saturated carbocycles. The summed E-state index contributed by atoms with van der Waals surface area (Å²) in [6, 6.07) is 1.42. The van der Waals surface area contributed by atoms with Gasteiger partial charge in [0.15, 0.2) is 0 Å². The van der Waals surface area contributed by atoms with Crippen LogP contribution in [0.1, 0.15) is 0 Å². The van der Waals surface area contributed by atoms with Gasteiger partial charge >= 0.3 is 7.32 Å². The molecule has 6 heteroatoms. The largest absolute Gasteiger partial charge is 0.707 e. The molecule has 0 aliphatic rings. The average Bonchev–Trinajstić information content (AvgIpc) is 1.85. The van der Waals surface area contributed by atoms with E-state index in [1.165, 1.54) is 18.5 Å². The minimum atomic E-state index is -1.84. The van der Waals surface area contributed by atoms with Crippen LogP contribution in [0.2, 0.25) is 5.02 Å². The second-order valence-electron chi connectivity index (χ2n) is 1.78. The molecule has 0 fully saturated rings. The fourth-order valence-electron chi connectivity index (χ4n) is 0.579. The molecule has 1 heterocycles. The smallest absolute Gasteiger partial charge is 0.511 e. The predicted octanol–water partition coefficient (Wildman–Crippen LogP) is 0.0833. The normalized spacial score (nSPS) is 9.36. The van der Waals surface area contributed by atoms with Crippen molar-refractivity contribution in [3.63, 3.8) is 0 Å². The van der Waals surface area contributed by atoms with Gasteiger partial charge in [0.2, 0.25) is 0 Å². The SMILES string of the molecule is OB(O)Oc1cncc(Cl)c1. The Labute approximate surface area is 68.6 Å². The van der Waals surface area contributed by atoms with Crippen molar-refractivity contribution in [2.75, 3.05) is 0 Å². The van der Waals surface area contributed by atoms with Gasteiger partial charge in [0.25, 0.3) is 0 Å². The van der Waals surface area contributed by atoms with Crippen molar-refractivity contribution >= 4 is 18.9 Å². The van der Waals surface area contributed by atoms with E-state index in [-0.39, 0.29) is 5.75 Å². The van der Waals surface area contributed by atoms with Crippen LogP contribution in [-0.2, 0) is 0 Å². The van der Waals surface area contributed by atoms with Gasteiger partial charge < -0.3 is 14.7 Å². The Morgan fingerprint density at radius 1 is 1.45 bits per heavy atom. The first-order valence-corrected chi connectivity index (χ1v) is 3.19. The highest BCUT2D eigenvalue weighted by molar-refractivity contribution is 6.34. The molecule has 0 spiro atoms. The molecule has 0 aliphatic heterocycles. The first kappa shape index (κ1) is 8.32. The van der Waals surface area contributed by atoms with Crippen molar-refractivity contribution in [2.24, 2.45) is 0 Å². The van der Waals surface area contributed by atoms with E-state index < -0.39 is 7.32 Å². The number of hydrogen-bond donors (Lipinski definition) is 2. The predicted molar refractivity (Wildman–Crippen MR) is 40.1 cm³/mol. The molecular formula is C5H5BClNO3. The van der Waals surface area contributed by atoms with Crippen LogP contribution in [0, 0.1) is 0 Å². The lowest BCUT2D eigenvalue weighted by atomic mass is 10.2. The molecule has 0 radical (unpaired) electrons. The fraction of sp³-hybridized carbons (Fsp3) is 0. The van der Waals surface area contributed by atoms with Crippen molar-refractivity contribution in [2.45, 2.75) is 0 Å². The van der Waals surface area contributed by atoms with Crippen LogP contribution in [0.4, 0.5) is 0 Å². The second kappa shape index (κ2) is 3.57. The zero-order valence-corrected chi connectivity index (χ0v) is 6.19. The topological polar surface area (TPSA) is 62.6 Å². The number of aromatic nitrogens is 1. The molecule has 4 nitrogen and oxygen atoms in total. The van der Waals surface area contributed by atoms with Gasteiger partial charge in [0.05, 0.1) is 11.2 Å². The number of nitrogens with zero attached hydrogens (tertiary/aromatic N) is 1. The van der Waals surface area contributed by atoms with Crippen LogP contribution in [0.15, 0.2) is 18.5 Å². The van der Waals surface area contributed by atoms with Crippen LogP contribution in [0.3, 0.4) is 0 Å². The van der Waals surface area contributed by atoms with E-state index in [1.54, 1.807) is 0 Å². The molecule has 0 saturated heterocycles. The number of pyridine rings is 1. The van der Waals surface area contributed by atoms with Gasteiger partial charge in [-0.1, -0.05) is 11.6 Å². The van der Waals surface area contributed by atoms with Crippen LogP contribution >= 0.6 is 11.6 Å². The molecule has 2 N–H and O–H groups in total. The summed E-state index contributed by atoms with van der Waals surface area (Å²) in [5.74, 6) is 0.215. The Balaban J connectivity index is 2.71. The van der Waals surface area contributed by atoms with Crippen molar-refractivity contribution in [3.05, 3.63) is 23.5 Å². The van der Waals surface area contributed by atoms with E-state index in [9.17, 15) is 0 Å². The van der Waals surface area contributed by atoms with Gasteiger partial charge in [-0.3, -0.25) is 4.98 Å². The zero-order chi connectivity index (χ0) is 8.27. The van der Waals surface area contributed by atoms with Crippen molar-refractivity contribution < 1.29 is 14.7 Å². The van der Waals surface area contributed by atoms with Crippen molar-refractivity contribution in [3.8, 4) is 5.75 Å². The highest BCUT2D eigenvalue weighted by Crippen LogP contribution is 2.14. The maximum atomic E-state index is 8.36. The van der Waals surface area contributed by atoms with Gasteiger partial charge in [-0.05, 0) is 0 Å². The number of hydrogen-bond acceptors (Lipinski definition) is 4. The lowest BCUT2D eigenvalue weighted by Gasteiger charge is -2.02. The minimum Gasteiger partial charge on any atom is -0.511 e. The van der Waals surface area contributed by atoms with Crippen LogP contribution in [0.5, 0.6) is 5.75 Å². The molecule has 11 heavy (non-hydrogen) atoms. The van der Waals surface area contributed by atoms with E-state index in [4.69, 9.17) is 21.6 Å². The van der Waals surface area contributed by atoms with Crippen LogP contribution in [-0.4, -0.2) is 22.4 Å². The summed E-state index contributed by atoms with van der Waals surface area (Å²) in [7, 11) is -1.84. The monoisotopic (exact) mass is 173 g/mol. The summed E-state index contributed by atoms with van der Waals surface area (Å²) in [5.41, 5.74) is 0. The molecule has 0 aromatic carbocycles. The summed E-state index contributed by atoms with van der Waals surface area (Å²) in [6.45, 7) is 0. The highest BCUT2D eigenvalue weighted by Gasteiger charge is 2.10. The Bertz CT molecular complexity index is 245. The van der Waals surface area contributed by atoms with Gasteiger partial charge in [-0.15, -0.1) is 0 Å². The average molecular weight is 173 g/mol. The van der Waals surface area contributed by atoms with Gasteiger partial charge in [0, 0.05) is 12.3 Å². The Morgan fingerprint density at radius 3 is 2.73 bits per heavy atom. The van der Waals surface area contributed by atoms with E-state index in [1.807, 2.05) is 0 Å². The second-order valence-corrected chi connectivity index (χ2v) is 2.22. The third kappa shape index (κ3) is 2.75. The Hall–Kier alpha value is -0.775. The summed E-state index contributed by atoms with van der Waals surface area (Å²) in [5, 5.41) is 17.1. The molecular weight excluding hydrogens is 168 g/mol. The Morgan fingerprint density at radius 2 is 2.18 bits per heavy atom. The Kier molecular flexibility index (Phi) is 2.70. The molecule has 0 unspecified atom stereocenters. The summed E-state index contributed by atoms with van der Waals surface area (Å²) >= 11 is 5.52. The van der Waals surface area contributed by atoms with Gasteiger partial charge in [-0.2, -0.15) is 0 Å². The van der Waals surface area contributed by atoms with Crippen molar-refractivity contribution in [1.29, 1.82) is 0 Å². The molecule has 0 amide bonds. The van der Waals surface area contributed by atoms with Crippen molar-refractivity contribution in [1.82, 2.24) is 4.98 Å².